The molecular formula is C9H15N3O2. The van der Waals surface area contributed by atoms with Crippen LogP contribution < -0.4 is 5.32 Å². The summed E-state index contributed by atoms with van der Waals surface area (Å²) < 4.78 is 5.14. The highest BCUT2D eigenvalue weighted by molar-refractivity contribution is 4.95. The molecular weight excluding hydrogens is 182 g/mol. The average Bonchev–Trinajstić information content (AvgIpc) is 2.85. The summed E-state index contributed by atoms with van der Waals surface area (Å²) in [6, 6.07) is 0.241. The lowest BCUT2D eigenvalue weighted by molar-refractivity contribution is 0.286. The second-order valence-corrected chi connectivity index (χ2v) is 3.52. The third kappa shape index (κ3) is 2.10. The molecule has 2 rings (SSSR count). The molecule has 1 aliphatic heterocycles. The van der Waals surface area contributed by atoms with E-state index in [0.29, 0.717) is 24.6 Å². The summed E-state index contributed by atoms with van der Waals surface area (Å²) in [4.78, 5) is 4.28. The van der Waals surface area contributed by atoms with Gasteiger partial charge in [-0.05, 0) is 25.8 Å². The van der Waals surface area contributed by atoms with Crippen molar-refractivity contribution in [2.24, 2.45) is 0 Å². The smallest absolute Gasteiger partial charge is 0.243 e. The molecule has 2 heterocycles. The van der Waals surface area contributed by atoms with Gasteiger partial charge in [-0.25, -0.2) is 0 Å². The summed E-state index contributed by atoms with van der Waals surface area (Å²) in [6.45, 7) is 1.20. The van der Waals surface area contributed by atoms with Crippen LogP contribution in [0.5, 0.6) is 0 Å². The number of aliphatic hydroxyl groups excluding tert-OH is 1. The van der Waals surface area contributed by atoms with Crippen LogP contribution in [0, 0.1) is 0 Å². The summed E-state index contributed by atoms with van der Waals surface area (Å²) in [5, 5.41) is 15.8. The number of aromatic nitrogens is 2. The lowest BCUT2D eigenvalue weighted by Gasteiger charge is -2.01. The second-order valence-electron chi connectivity index (χ2n) is 3.52. The number of nitrogens with zero attached hydrogens (tertiary/aromatic N) is 2. The summed E-state index contributed by atoms with van der Waals surface area (Å²) in [6.07, 6.45) is 3.62. The lowest BCUT2D eigenvalue weighted by Crippen LogP contribution is -2.13. The van der Waals surface area contributed by atoms with E-state index in [1.165, 1.54) is 6.42 Å². The fourth-order valence-corrected chi connectivity index (χ4v) is 1.64. The Morgan fingerprint density at radius 3 is 3.21 bits per heavy atom. The van der Waals surface area contributed by atoms with E-state index >= 15 is 0 Å². The fraction of sp³-hybridized carbons (Fsp3) is 0.778. The Balaban J connectivity index is 1.94. The molecule has 0 aromatic carbocycles. The highest BCUT2D eigenvalue weighted by atomic mass is 16.5. The first kappa shape index (κ1) is 9.61. The maximum Gasteiger partial charge on any atom is 0.243 e. The van der Waals surface area contributed by atoms with Crippen molar-refractivity contribution in [2.45, 2.75) is 31.7 Å². The molecule has 0 amide bonds. The van der Waals surface area contributed by atoms with Crippen molar-refractivity contribution in [3.8, 4) is 0 Å². The SMILES string of the molecule is OCCCc1noc(C2CCCN2)n1. The number of nitrogens with one attached hydrogen (secondary N) is 1. The summed E-state index contributed by atoms with van der Waals surface area (Å²) in [5.41, 5.74) is 0. The fourth-order valence-electron chi connectivity index (χ4n) is 1.64. The molecule has 1 saturated heterocycles. The van der Waals surface area contributed by atoms with Gasteiger partial charge in [0.15, 0.2) is 5.82 Å². The summed E-state index contributed by atoms with van der Waals surface area (Å²) in [7, 11) is 0. The molecule has 1 unspecified atom stereocenters. The van der Waals surface area contributed by atoms with E-state index in [0.717, 1.165) is 13.0 Å². The van der Waals surface area contributed by atoms with E-state index in [9.17, 15) is 0 Å². The Kier molecular flexibility index (Phi) is 3.10. The van der Waals surface area contributed by atoms with Gasteiger partial charge in [-0.3, -0.25) is 0 Å². The average molecular weight is 197 g/mol. The lowest BCUT2D eigenvalue weighted by atomic mass is 10.2. The van der Waals surface area contributed by atoms with Gasteiger partial charge >= 0.3 is 0 Å². The van der Waals surface area contributed by atoms with E-state index in [1.54, 1.807) is 0 Å². The topological polar surface area (TPSA) is 71.2 Å². The summed E-state index contributed by atoms with van der Waals surface area (Å²) >= 11 is 0. The van der Waals surface area contributed by atoms with Gasteiger partial charge in [0.2, 0.25) is 5.89 Å². The number of aliphatic hydroxyl groups is 1. The van der Waals surface area contributed by atoms with Gasteiger partial charge in [-0.1, -0.05) is 5.16 Å². The van der Waals surface area contributed by atoms with Crippen molar-refractivity contribution in [1.82, 2.24) is 15.5 Å². The third-order valence-corrected chi connectivity index (χ3v) is 2.40. The molecule has 1 aromatic heterocycles. The standard InChI is InChI=1S/C9H15N3O2/c13-6-2-4-8-11-9(14-12-8)7-3-1-5-10-7/h7,10,13H,1-6H2. The first-order valence-electron chi connectivity index (χ1n) is 5.07. The zero-order valence-electron chi connectivity index (χ0n) is 8.07. The Morgan fingerprint density at radius 2 is 2.50 bits per heavy atom. The Hall–Kier alpha value is -0.940. The molecule has 2 N–H and O–H groups in total. The van der Waals surface area contributed by atoms with Gasteiger partial charge in [0.25, 0.3) is 0 Å². The molecule has 1 atom stereocenters. The van der Waals surface area contributed by atoms with Crippen molar-refractivity contribution in [3.63, 3.8) is 0 Å². The zero-order chi connectivity index (χ0) is 9.80. The summed E-state index contributed by atoms with van der Waals surface area (Å²) in [5.74, 6) is 1.39. The maximum absolute atomic E-state index is 8.65. The molecule has 14 heavy (non-hydrogen) atoms. The normalized spacial score (nSPS) is 21.6. The molecule has 5 heteroatoms. The molecule has 1 aromatic rings. The van der Waals surface area contributed by atoms with Crippen LogP contribution in [0.15, 0.2) is 4.52 Å². The second kappa shape index (κ2) is 4.52. The van der Waals surface area contributed by atoms with Crippen molar-refractivity contribution in [3.05, 3.63) is 11.7 Å². The van der Waals surface area contributed by atoms with Crippen LogP contribution in [0.3, 0.4) is 0 Å². The van der Waals surface area contributed by atoms with Crippen LogP contribution in [0.25, 0.3) is 0 Å². The zero-order valence-corrected chi connectivity index (χ0v) is 8.07. The molecule has 0 bridgehead atoms. The Bertz CT molecular complexity index is 281. The van der Waals surface area contributed by atoms with E-state index in [1.807, 2.05) is 0 Å². The van der Waals surface area contributed by atoms with Crippen molar-refractivity contribution < 1.29 is 9.63 Å². The molecule has 78 valence electrons. The molecule has 0 radical (unpaired) electrons. The van der Waals surface area contributed by atoms with Crippen LogP contribution in [0.1, 0.15) is 37.0 Å². The van der Waals surface area contributed by atoms with E-state index < -0.39 is 0 Å². The van der Waals surface area contributed by atoms with Crippen LogP contribution in [0.4, 0.5) is 0 Å². The molecule has 0 saturated carbocycles. The highest BCUT2D eigenvalue weighted by Crippen LogP contribution is 2.21. The van der Waals surface area contributed by atoms with Gasteiger partial charge in [0, 0.05) is 13.0 Å². The molecule has 0 aliphatic carbocycles. The minimum Gasteiger partial charge on any atom is -0.396 e. The van der Waals surface area contributed by atoms with Crippen LogP contribution in [-0.2, 0) is 6.42 Å². The largest absolute Gasteiger partial charge is 0.396 e. The van der Waals surface area contributed by atoms with Crippen LogP contribution in [-0.4, -0.2) is 28.4 Å². The number of hydrogen-bond acceptors (Lipinski definition) is 5. The van der Waals surface area contributed by atoms with E-state index in [2.05, 4.69) is 15.5 Å². The minimum atomic E-state index is 0.172. The van der Waals surface area contributed by atoms with Gasteiger partial charge in [0.1, 0.15) is 0 Å². The predicted octanol–water partition coefficient (Wildman–Crippen LogP) is 0.419. The number of aryl methyl sites for hydroxylation is 1. The number of rotatable bonds is 4. The van der Waals surface area contributed by atoms with Gasteiger partial charge in [-0.15, -0.1) is 0 Å². The first-order valence-corrected chi connectivity index (χ1v) is 5.07. The maximum atomic E-state index is 8.65. The Labute approximate surface area is 82.5 Å². The molecule has 5 nitrogen and oxygen atoms in total. The molecule has 0 spiro atoms. The van der Waals surface area contributed by atoms with E-state index in [4.69, 9.17) is 9.63 Å². The minimum absolute atomic E-state index is 0.172. The highest BCUT2D eigenvalue weighted by Gasteiger charge is 2.21. The Morgan fingerprint density at radius 1 is 1.57 bits per heavy atom. The number of hydrogen-bond donors (Lipinski definition) is 2. The first-order chi connectivity index (χ1) is 6.90. The van der Waals surface area contributed by atoms with Crippen molar-refractivity contribution in [1.29, 1.82) is 0 Å². The van der Waals surface area contributed by atoms with Gasteiger partial charge in [-0.2, -0.15) is 4.98 Å². The monoisotopic (exact) mass is 197 g/mol. The van der Waals surface area contributed by atoms with E-state index in [-0.39, 0.29) is 12.6 Å². The van der Waals surface area contributed by atoms with Gasteiger partial charge < -0.3 is 14.9 Å². The van der Waals surface area contributed by atoms with Crippen molar-refractivity contribution in [2.75, 3.05) is 13.2 Å². The predicted molar refractivity (Wildman–Crippen MR) is 49.7 cm³/mol. The molecule has 1 fully saturated rings. The van der Waals surface area contributed by atoms with Gasteiger partial charge in [0.05, 0.1) is 6.04 Å². The van der Waals surface area contributed by atoms with Crippen LogP contribution >= 0.6 is 0 Å². The van der Waals surface area contributed by atoms with Crippen LogP contribution in [0.2, 0.25) is 0 Å². The third-order valence-electron chi connectivity index (χ3n) is 2.40. The van der Waals surface area contributed by atoms with Crippen molar-refractivity contribution >= 4 is 0 Å². The quantitative estimate of drug-likeness (QED) is 0.732. The molecule has 1 aliphatic rings.